The number of ketones is 1. The third-order valence-corrected chi connectivity index (χ3v) is 6.59. The number of Topliss-reactive ketones (excluding diaryl/α,β-unsaturated/α-hetero) is 1. The second kappa shape index (κ2) is 9.32. The second-order valence-electron chi connectivity index (χ2n) is 6.99. The fourth-order valence-electron chi connectivity index (χ4n) is 2.97. The van der Waals surface area contributed by atoms with Gasteiger partial charge in [0.2, 0.25) is 5.91 Å². The van der Waals surface area contributed by atoms with Crippen LogP contribution in [0.25, 0.3) is 0 Å². The third kappa shape index (κ3) is 5.51. The molecule has 3 rings (SSSR count). The molecule has 3 aromatic carbocycles. The van der Waals surface area contributed by atoms with E-state index in [1.54, 1.807) is 18.2 Å². The summed E-state index contributed by atoms with van der Waals surface area (Å²) < 4.78 is 27.7. The number of amides is 1. The standard InChI is InChI=1S/C23H21ClN2O4S/c1-16-4-3-5-20(14-16)25-23(28)15-26(21-10-6-18(7-11-21)17(2)27)31(29,30)22-12-8-19(24)9-13-22/h3-14H,15H2,1-2H3,(H,25,28). The molecule has 0 atom stereocenters. The second-order valence-corrected chi connectivity index (χ2v) is 9.29. The number of benzene rings is 3. The zero-order valence-electron chi connectivity index (χ0n) is 17.0. The molecule has 0 aliphatic heterocycles. The van der Waals surface area contributed by atoms with E-state index in [0.29, 0.717) is 16.3 Å². The molecule has 0 aliphatic carbocycles. The first-order valence-electron chi connectivity index (χ1n) is 9.42. The fourth-order valence-corrected chi connectivity index (χ4v) is 4.51. The van der Waals surface area contributed by atoms with Crippen molar-refractivity contribution in [3.8, 4) is 0 Å². The Morgan fingerprint density at radius 2 is 1.61 bits per heavy atom. The minimum absolute atomic E-state index is 0.00380. The molecule has 0 heterocycles. The highest BCUT2D eigenvalue weighted by atomic mass is 35.5. The topological polar surface area (TPSA) is 83.6 Å². The van der Waals surface area contributed by atoms with E-state index >= 15 is 0 Å². The number of aryl methyl sites for hydroxylation is 1. The van der Waals surface area contributed by atoms with Crippen LogP contribution in [0.15, 0.2) is 77.7 Å². The summed E-state index contributed by atoms with van der Waals surface area (Å²) in [5.74, 6) is -0.644. The molecule has 1 amide bonds. The maximum absolute atomic E-state index is 13.3. The van der Waals surface area contributed by atoms with Gasteiger partial charge in [0.05, 0.1) is 10.6 Å². The van der Waals surface area contributed by atoms with Gasteiger partial charge in [0.15, 0.2) is 5.78 Å². The number of halogens is 1. The lowest BCUT2D eigenvalue weighted by Gasteiger charge is -2.24. The van der Waals surface area contributed by atoms with Crippen LogP contribution in [0.3, 0.4) is 0 Å². The molecule has 0 fully saturated rings. The minimum Gasteiger partial charge on any atom is -0.325 e. The monoisotopic (exact) mass is 456 g/mol. The van der Waals surface area contributed by atoms with Crippen molar-refractivity contribution in [2.24, 2.45) is 0 Å². The molecule has 0 saturated carbocycles. The molecule has 0 aliphatic rings. The average molecular weight is 457 g/mol. The smallest absolute Gasteiger partial charge is 0.264 e. The van der Waals surface area contributed by atoms with E-state index in [4.69, 9.17) is 11.6 Å². The predicted octanol–water partition coefficient (Wildman–Crippen LogP) is 4.69. The first-order valence-corrected chi connectivity index (χ1v) is 11.2. The molecule has 0 saturated heterocycles. The normalized spacial score (nSPS) is 11.1. The first kappa shape index (κ1) is 22.5. The number of sulfonamides is 1. The molecule has 1 N–H and O–H groups in total. The van der Waals surface area contributed by atoms with Gasteiger partial charge in [-0.25, -0.2) is 8.42 Å². The van der Waals surface area contributed by atoms with Crippen LogP contribution >= 0.6 is 11.6 Å². The van der Waals surface area contributed by atoms with Crippen molar-refractivity contribution < 1.29 is 18.0 Å². The molecule has 0 radical (unpaired) electrons. The number of carbonyl (C=O) groups is 2. The average Bonchev–Trinajstić information content (AvgIpc) is 2.72. The minimum atomic E-state index is -4.07. The van der Waals surface area contributed by atoms with Crippen molar-refractivity contribution in [1.29, 1.82) is 0 Å². The van der Waals surface area contributed by atoms with Gasteiger partial charge < -0.3 is 5.32 Å². The largest absolute Gasteiger partial charge is 0.325 e. The summed E-state index contributed by atoms with van der Waals surface area (Å²) in [5.41, 5.74) is 2.24. The van der Waals surface area contributed by atoms with Crippen LogP contribution in [0.4, 0.5) is 11.4 Å². The maximum atomic E-state index is 13.3. The van der Waals surface area contributed by atoms with Crippen molar-refractivity contribution in [2.45, 2.75) is 18.7 Å². The van der Waals surface area contributed by atoms with E-state index in [1.165, 1.54) is 55.5 Å². The first-order chi connectivity index (χ1) is 14.7. The third-order valence-electron chi connectivity index (χ3n) is 4.55. The fraction of sp³-hybridized carbons (Fsp3) is 0.130. The van der Waals surface area contributed by atoms with Crippen LogP contribution in [0.5, 0.6) is 0 Å². The van der Waals surface area contributed by atoms with Gasteiger partial charge >= 0.3 is 0 Å². The summed E-state index contributed by atoms with van der Waals surface area (Å²) in [6, 6.07) is 19.0. The van der Waals surface area contributed by atoms with Crippen molar-refractivity contribution in [3.05, 3.63) is 88.9 Å². The summed E-state index contributed by atoms with van der Waals surface area (Å²) in [7, 11) is -4.07. The van der Waals surface area contributed by atoms with Crippen molar-refractivity contribution in [3.63, 3.8) is 0 Å². The van der Waals surface area contributed by atoms with Crippen molar-refractivity contribution in [1.82, 2.24) is 0 Å². The highest BCUT2D eigenvalue weighted by Gasteiger charge is 2.27. The van der Waals surface area contributed by atoms with Crippen LogP contribution in [0, 0.1) is 6.92 Å². The van der Waals surface area contributed by atoms with Gasteiger partial charge in [-0.2, -0.15) is 0 Å². The molecule has 8 heteroatoms. The molecular weight excluding hydrogens is 436 g/mol. The van der Waals surface area contributed by atoms with Gasteiger partial charge in [0.1, 0.15) is 6.54 Å². The zero-order chi connectivity index (χ0) is 22.6. The Balaban J connectivity index is 1.96. The van der Waals surface area contributed by atoms with Crippen LogP contribution in [0.2, 0.25) is 5.02 Å². The number of nitrogens with zero attached hydrogens (tertiary/aromatic N) is 1. The molecule has 6 nitrogen and oxygen atoms in total. The molecule has 31 heavy (non-hydrogen) atoms. The number of anilines is 2. The number of hydrogen-bond acceptors (Lipinski definition) is 4. The number of carbonyl (C=O) groups excluding carboxylic acids is 2. The number of rotatable bonds is 7. The Labute approximate surface area is 186 Å². The molecule has 0 unspecified atom stereocenters. The maximum Gasteiger partial charge on any atom is 0.264 e. The molecule has 0 aromatic heterocycles. The summed E-state index contributed by atoms with van der Waals surface area (Å²) in [6.07, 6.45) is 0. The van der Waals surface area contributed by atoms with E-state index in [1.807, 2.05) is 13.0 Å². The lowest BCUT2D eigenvalue weighted by Crippen LogP contribution is -2.38. The lowest BCUT2D eigenvalue weighted by molar-refractivity contribution is -0.114. The lowest BCUT2D eigenvalue weighted by atomic mass is 10.1. The Morgan fingerprint density at radius 1 is 0.968 bits per heavy atom. The van der Waals surface area contributed by atoms with Crippen LogP contribution in [-0.2, 0) is 14.8 Å². The van der Waals surface area contributed by atoms with E-state index in [0.717, 1.165) is 9.87 Å². The van der Waals surface area contributed by atoms with Crippen molar-refractivity contribution in [2.75, 3.05) is 16.2 Å². The van der Waals surface area contributed by atoms with Gasteiger partial charge in [-0.1, -0.05) is 23.7 Å². The Bertz CT molecular complexity index is 1210. The number of hydrogen-bond donors (Lipinski definition) is 1. The molecule has 0 spiro atoms. The summed E-state index contributed by atoms with van der Waals surface area (Å²) in [4.78, 5) is 24.3. The van der Waals surface area contributed by atoms with Gasteiger partial charge in [-0.05, 0) is 80.1 Å². The quantitative estimate of drug-likeness (QED) is 0.523. The van der Waals surface area contributed by atoms with Gasteiger partial charge in [0, 0.05) is 16.3 Å². The van der Waals surface area contributed by atoms with Crippen LogP contribution < -0.4 is 9.62 Å². The van der Waals surface area contributed by atoms with E-state index < -0.39 is 22.5 Å². The molecule has 3 aromatic rings. The van der Waals surface area contributed by atoms with Crippen LogP contribution in [0.1, 0.15) is 22.8 Å². The number of nitrogens with one attached hydrogen (secondary N) is 1. The Hall–Kier alpha value is -3.16. The predicted molar refractivity (Wildman–Crippen MR) is 122 cm³/mol. The molecule has 0 bridgehead atoms. The summed E-state index contributed by atoms with van der Waals surface area (Å²) in [6.45, 7) is 2.87. The van der Waals surface area contributed by atoms with E-state index in [9.17, 15) is 18.0 Å². The summed E-state index contributed by atoms with van der Waals surface area (Å²) in [5, 5.41) is 3.12. The van der Waals surface area contributed by atoms with Crippen LogP contribution in [-0.4, -0.2) is 26.7 Å². The summed E-state index contributed by atoms with van der Waals surface area (Å²) >= 11 is 5.89. The molecule has 160 valence electrons. The Morgan fingerprint density at radius 3 is 2.19 bits per heavy atom. The van der Waals surface area contributed by atoms with Crippen molar-refractivity contribution >= 4 is 44.7 Å². The van der Waals surface area contributed by atoms with E-state index in [-0.39, 0.29) is 16.4 Å². The molecular formula is C23H21ClN2O4S. The van der Waals surface area contributed by atoms with E-state index in [2.05, 4.69) is 5.32 Å². The zero-order valence-corrected chi connectivity index (χ0v) is 18.6. The van der Waals surface area contributed by atoms with Gasteiger partial charge in [-0.3, -0.25) is 13.9 Å². The van der Waals surface area contributed by atoms with Gasteiger partial charge in [0.25, 0.3) is 10.0 Å². The Kier molecular flexibility index (Phi) is 6.77. The highest BCUT2D eigenvalue weighted by Crippen LogP contribution is 2.25. The van der Waals surface area contributed by atoms with Gasteiger partial charge in [-0.15, -0.1) is 0 Å². The highest BCUT2D eigenvalue weighted by molar-refractivity contribution is 7.92. The SMILES string of the molecule is CC(=O)c1ccc(N(CC(=O)Nc2cccc(C)c2)S(=O)(=O)c2ccc(Cl)cc2)cc1.